The van der Waals surface area contributed by atoms with E-state index in [1.165, 1.54) is 0 Å². The topological polar surface area (TPSA) is 72.2 Å². The summed E-state index contributed by atoms with van der Waals surface area (Å²) in [5.74, 6) is 0.696. The lowest BCUT2D eigenvalue weighted by atomic mass is 10.2. The fourth-order valence-corrected chi connectivity index (χ4v) is 2.61. The number of nitrogens with zero attached hydrogens (tertiary/aromatic N) is 2. The van der Waals surface area contributed by atoms with Gasteiger partial charge in [-0.05, 0) is 18.2 Å². The molecule has 0 radical (unpaired) electrons. The van der Waals surface area contributed by atoms with Crippen molar-refractivity contribution in [3.05, 3.63) is 29.6 Å². The summed E-state index contributed by atoms with van der Waals surface area (Å²) in [6, 6.07) is 4.92. The number of hydrogen-bond acceptors (Lipinski definition) is 3. The summed E-state index contributed by atoms with van der Waals surface area (Å²) in [6.45, 7) is 4.66. The van der Waals surface area contributed by atoms with E-state index in [-0.39, 0.29) is 11.5 Å². The zero-order chi connectivity index (χ0) is 14.9. The highest BCUT2D eigenvalue weighted by molar-refractivity contribution is 7.84. The minimum atomic E-state index is -0.954. The molecular formula is C14H18N2O3S. The molecule has 20 heavy (non-hydrogen) atoms. The minimum Gasteiger partial charge on any atom is -0.478 e. The second-order valence-electron chi connectivity index (χ2n) is 5.06. The standard InChI is InChI=1S/C14H18N2O3S/c1-9(2)13-15-11-5-4-10(14(17)18)8-12(11)16(13)6-7-20(3)19/h4-5,8-9H,6-7H2,1-3H3,(H,17,18). The highest BCUT2D eigenvalue weighted by atomic mass is 32.2. The molecule has 0 spiro atoms. The molecule has 1 N–H and O–H groups in total. The summed E-state index contributed by atoms with van der Waals surface area (Å²) >= 11 is 0. The molecule has 0 amide bonds. The summed E-state index contributed by atoms with van der Waals surface area (Å²) in [5, 5.41) is 9.09. The molecule has 0 aliphatic carbocycles. The van der Waals surface area contributed by atoms with Gasteiger partial charge < -0.3 is 9.67 Å². The van der Waals surface area contributed by atoms with Crippen LogP contribution in [-0.2, 0) is 17.3 Å². The van der Waals surface area contributed by atoms with Gasteiger partial charge in [-0.2, -0.15) is 0 Å². The molecule has 1 unspecified atom stereocenters. The lowest BCUT2D eigenvalue weighted by molar-refractivity contribution is 0.0697. The monoisotopic (exact) mass is 294 g/mol. The molecule has 1 aromatic heterocycles. The molecule has 0 saturated carbocycles. The SMILES string of the molecule is CC(C)c1nc2ccc(C(=O)O)cc2n1CCS(C)=O. The van der Waals surface area contributed by atoms with Crippen molar-refractivity contribution in [2.24, 2.45) is 0 Å². The number of aromatic carboxylic acids is 1. The normalized spacial score (nSPS) is 13.0. The maximum absolute atomic E-state index is 11.3. The molecular weight excluding hydrogens is 276 g/mol. The average molecular weight is 294 g/mol. The van der Waals surface area contributed by atoms with E-state index in [0.29, 0.717) is 12.3 Å². The molecule has 108 valence electrons. The van der Waals surface area contributed by atoms with Gasteiger partial charge >= 0.3 is 5.97 Å². The highest BCUT2D eigenvalue weighted by Gasteiger charge is 2.15. The van der Waals surface area contributed by atoms with Crippen molar-refractivity contribution >= 4 is 27.8 Å². The molecule has 0 saturated heterocycles. The molecule has 0 fully saturated rings. The number of imidazole rings is 1. The lowest BCUT2D eigenvalue weighted by Crippen LogP contribution is -2.11. The van der Waals surface area contributed by atoms with Crippen molar-refractivity contribution in [3.63, 3.8) is 0 Å². The Morgan fingerprint density at radius 2 is 2.15 bits per heavy atom. The van der Waals surface area contributed by atoms with E-state index >= 15 is 0 Å². The van der Waals surface area contributed by atoms with E-state index in [1.807, 2.05) is 18.4 Å². The van der Waals surface area contributed by atoms with Crippen molar-refractivity contribution in [3.8, 4) is 0 Å². The van der Waals surface area contributed by atoms with Crippen molar-refractivity contribution in [1.29, 1.82) is 0 Å². The number of aryl methyl sites for hydroxylation is 1. The molecule has 5 nitrogen and oxygen atoms in total. The average Bonchev–Trinajstić information content (AvgIpc) is 2.73. The first kappa shape index (κ1) is 14.7. The van der Waals surface area contributed by atoms with Crippen molar-refractivity contribution < 1.29 is 14.1 Å². The number of carbonyl (C=O) groups is 1. The predicted octanol–water partition coefficient (Wildman–Crippen LogP) is 2.24. The summed E-state index contributed by atoms with van der Waals surface area (Å²) in [7, 11) is -0.894. The van der Waals surface area contributed by atoms with E-state index in [2.05, 4.69) is 4.98 Å². The van der Waals surface area contributed by atoms with Gasteiger partial charge in [-0.15, -0.1) is 0 Å². The van der Waals surface area contributed by atoms with E-state index < -0.39 is 16.8 Å². The van der Waals surface area contributed by atoms with Gasteiger partial charge in [0.25, 0.3) is 0 Å². The van der Waals surface area contributed by atoms with Crippen LogP contribution in [0.5, 0.6) is 0 Å². The van der Waals surface area contributed by atoms with Crippen molar-refractivity contribution in [2.45, 2.75) is 26.3 Å². The maximum atomic E-state index is 11.3. The molecule has 1 aromatic carbocycles. The van der Waals surface area contributed by atoms with Gasteiger partial charge in [0, 0.05) is 35.3 Å². The van der Waals surface area contributed by atoms with Gasteiger partial charge in [0.1, 0.15) is 5.82 Å². The first-order valence-electron chi connectivity index (χ1n) is 6.43. The van der Waals surface area contributed by atoms with Gasteiger partial charge in [-0.3, -0.25) is 4.21 Å². The number of benzene rings is 1. The predicted molar refractivity (Wildman–Crippen MR) is 79.7 cm³/mol. The van der Waals surface area contributed by atoms with Crippen LogP contribution in [0.3, 0.4) is 0 Å². The zero-order valence-electron chi connectivity index (χ0n) is 11.8. The quantitative estimate of drug-likeness (QED) is 0.918. The Balaban J connectivity index is 2.57. The van der Waals surface area contributed by atoms with Gasteiger partial charge in [-0.25, -0.2) is 9.78 Å². The fourth-order valence-electron chi connectivity index (χ4n) is 2.17. The Hall–Kier alpha value is -1.69. The Morgan fingerprint density at radius 3 is 2.70 bits per heavy atom. The lowest BCUT2D eigenvalue weighted by Gasteiger charge is -2.10. The third kappa shape index (κ3) is 2.90. The van der Waals surface area contributed by atoms with Gasteiger partial charge in [0.15, 0.2) is 0 Å². The van der Waals surface area contributed by atoms with E-state index in [1.54, 1.807) is 24.5 Å². The second-order valence-corrected chi connectivity index (χ2v) is 6.62. The maximum Gasteiger partial charge on any atom is 0.335 e. The summed E-state index contributed by atoms with van der Waals surface area (Å²) < 4.78 is 13.3. The van der Waals surface area contributed by atoms with E-state index in [0.717, 1.165) is 16.9 Å². The number of carboxylic acids is 1. The Kier molecular flexibility index (Phi) is 4.23. The molecule has 6 heteroatoms. The van der Waals surface area contributed by atoms with Crippen LogP contribution in [-0.4, -0.2) is 36.8 Å². The van der Waals surface area contributed by atoms with E-state index in [4.69, 9.17) is 5.11 Å². The molecule has 2 aromatic rings. The summed E-state index contributed by atoms with van der Waals surface area (Å²) in [4.78, 5) is 15.6. The third-order valence-corrected chi connectivity index (χ3v) is 3.90. The van der Waals surface area contributed by atoms with Crippen LogP contribution in [0.25, 0.3) is 11.0 Å². The van der Waals surface area contributed by atoms with Crippen LogP contribution in [0.1, 0.15) is 35.9 Å². The fraction of sp³-hybridized carbons (Fsp3) is 0.429. The zero-order valence-corrected chi connectivity index (χ0v) is 12.6. The summed E-state index contributed by atoms with van der Waals surface area (Å²) in [5.41, 5.74) is 1.81. The van der Waals surface area contributed by atoms with Crippen molar-refractivity contribution in [2.75, 3.05) is 12.0 Å². The minimum absolute atomic E-state index is 0.223. The molecule has 2 rings (SSSR count). The second kappa shape index (κ2) is 5.75. The number of rotatable bonds is 5. The highest BCUT2D eigenvalue weighted by Crippen LogP contribution is 2.23. The van der Waals surface area contributed by atoms with Crippen LogP contribution in [0.15, 0.2) is 18.2 Å². The van der Waals surface area contributed by atoms with Gasteiger partial charge in [0.2, 0.25) is 0 Å². The Morgan fingerprint density at radius 1 is 1.45 bits per heavy atom. The van der Waals surface area contributed by atoms with Crippen LogP contribution >= 0.6 is 0 Å². The third-order valence-electron chi connectivity index (χ3n) is 3.14. The van der Waals surface area contributed by atoms with Crippen LogP contribution in [0.4, 0.5) is 0 Å². The smallest absolute Gasteiger partial charge is 0.335 e. The molecule has 0 bridgehead atoms. The molecule has 1 heterocycles. The van der Waals surface area contributed by atoms with Crippen LogP contribution in [0, 0.1) is 0 Å². The van der Waals surface area contributed by atoms with Crippen molar-refractivity contribution in [1.82, 2.24) is 9.55 Å². The first-order valence-corrected chi connectivity index (χ1v) is 8.16. The molecule has 0 aliphatic rings. The first-order chi connectivity index (χ1) is 9.40. The molecule has 0 aliphatic heterocycles. The number of hydrogen-bond donors (Lipinski definition) is 1. The molecule has 1 atom stereocenters. The number of carboxylic acid groups (broad SMARTS) is 1. The van der Waals surface area contributed by atoms with Crippen LogP contribution < -0.4 is 0 Å². The Bertz CT molecular complexity index is 676. The van der Waals surface area contributed by atoms with E-state index in [9.17, 15) is 9.00 Å². The Labute approximate surface area is 120 Å². The number of fused-ring (bicyclic) bond motifs is 1. The number of aromatic nitrogens is 2. The largest absolute Gasteiger partial charge is 0.478 e. The summed E-state index contributed by atoms with van der Waals surface area (Å²) in [6.07, 6.45) is 1.66. The van der Waals surface area contributed by atoms with Crippen LogP contribution in [0.2, 0.25) is 0 Å². The van der Waals surface area contributed by atoms with Gasteiger partial charge in [-0.1, -0.05) is 13.8 Å². The van der Waals surface area contributed by atoms with Gasteiger partial charge in [0.05, 0.1) is 16.6 Å².